The summed E-state index contributed by atoms with van der Waals surface area (Å²) in [6.45, 7) is 6.55. The number of alkyl halides is 12. The summed E-state index contributed by atoms with van der Waals surface area (Å²) < 4.78 is 217. The summed E-state index contributed by atoms with van der Waals surface area (Å²) in [7, 11) is -26.4. The van der Waals surface area contributed by atoms with E-state index in [9.17, 15) is 86.4 Å². The lowest BCUT2D eigenvalue weighted by atomic mass is 10.2. The van der Waals surface area contributed by atoms with Gasteiger partial charge in [0, 0.05) is 13.1 Å². The third-order valence-corrected chi connectivity index (χ3v) is 9.14. The molecule has 0 aromatic heterocycles. The van der Waals surface area contributed by atoms with Crippen LogP contribution in [0.15, 0.2) is 23.9 Å². The highest BCUT2D eigenvalue weighted by atomic mass is 32.3. The first-order chi connectivity index (χ1) is 16.7. The predicted molar refractivity (Wildman–Crippen MR) is 106 cm³/mol. The van der Waals surface area contributed by atoms with Gasteiger partial charge < -0.3 is 4.90 Å². The van der Waals surface area contributed by atoms with Crippen molar-refractivity contribution in [3.8, 4) is 0 Å². The number of hydrogen-bond donors (Lipinski definition) is 2. The van der Waals surface area contributed by atoms with E-state index in [1.807, 2.05) is 0 Å². The molecule has 0 aliphatic carbocycles. The summed E-state index contributed by atoms with van der Waals surface area (Å²) in [5.41, 5.74) is -23.1. The van der Waals surface area contributed by atoms with Crippen LogP contribution in [0.5, 0.6) is 0 Å². The van der Waals surface area contributed by atoms with Crippen molar-refractivity contribution in [1.29, 1.82) is 0 Å². The highest BCUT2D eigenvalue weighted by Gasteiger charge is 2.56. The first-order valence-corrected chi connectivity index (χ1v) is 14.6. The van der Waals surface area contributed by atoms with E-state index in [2.05, 4.69) is 37.1 Å². The van der Waals surface area contributed by atoms with Crippen LogP contribution in [-0.2, 0) is 40.1 Å². The Labute approximate surface area is 212 Å². The second kappa shape index (κ2) is 12.8. The molecule has 27 heteroatoms. The molecule has 2 N–H and O–H groups in total. The quantitative estimate of drug-likeness (QED) is 0.414. The maximum Gasteiger partial charge on any atom is 0.512 e. The molecule has 1 rings (SSSR count). The fraction of sp³-hybridized carbons (Fsp3) is 0.667. The van der Waals surface area contributed by atoms with Crippen LogP contribution in [0.1, 0.15) is 13.8 Å². The maximum absolute atomic E-state index is 11.5. The van der Waals surface area contributed by atoms with Crippen molar-refractivity contribution in [1.82, 2.24) is 13.2 Å². The Morgan fingerprint density at radius 3 is 1.05 bits per heavy atom. The largest absolute Gasteiger partial charge is 0.512 e. The molecule has 0 radical (unpaired) electrons. The van der Waals surface area contributed by atoms with Gasteiger partial charge in [0.1, 0.15) is 0 Å². The van der Waals surface area contributed by atoms with Crippen LogP contribution in [0.25, 0.3) is 0 Å². The first-order valence-electron chi connectivity index (χ1n) is 8.64. The van der Waals surface area contributed by atoms with Gasteiger partial charge in [0.2, 0.25) is 0 Å². The lowest BCUT2D eigenvalue weighted by Crippen LogP contribution is -2.45. The predicted octanol–water partition coefficient (Wildman–Crippen LogP) is 2.33. The van der Waals surface area contributed by atoms with Crippen LogP contribution in [-0.4, -0.2) is 73.7 Å². The molecule has 0 saturated heterocycles. The molecule has 0 unspecified atom stereocenters. The third kappa shape index (κ3) is 12.5. The third-order valence-electron chi connectivity index (χ3n) is 3.19. The van der Waals surface area contributed by atoms with E-state index >= 15 is 0 Å². The standard InChI is InChI=1S/C8H13N.2C2HF6NO4S2/c1-3-9-6-4-5-8(2)7-9;2*3-1(4,5)14(10,11)9-15(12,13)2(6,7)8/h4-6H,3,7H2,1-2H3;2*9H. The summed E-state index contributed by atoms with van der Waals surface area (Å²) in [5.74, 6) is 0. The van der Waals surface area contributed by atoms with Crippen LogP contribution in [0, 0.1) is 0 Å². The van der Waals surface area contributed by atoms with Gasteiger partial charge in [0.25, 0.3) is 0 Å². The topological polar surface area (TPSA) is 164 Å². The average Bonchev–Trinajstić information content (AvgIpc) is 2.63. The number of hydrogen-bond acceptors (Lipinski definition) is 9. The van der Waals surface area contributed by atoms with Crippen molar-refractivity contribution >= 4 is 40.1 Å². The molecule has 1 aliphatic heterocycles. The number of nitrogens with zero attached hydrogens (tertiary/aromatic N) is 1. The number of rotatable bonds is 5. The highest BCUT2D eigenvalue weighted by Crippen LogP contribution is 2.28. The Bertz CT molecular complexity index is 1150. The molecular formula is C12H15F12N3O8S4. The summed E-state index contributed by atoms with van der Waals surface area (Å²) in [4.78, 5) is 2.29. The molecule has 0 saturated carbocycles. The van der Waals surface area contributed by atoms with Gasteiger partial charge in [-0.25, -0.2) is 33.7 Å². The van der Waals surface area contributed by atoms with E-state index in [1.165, 1.54) is 5.57 Å². The number of halogens is 12. The Kier molecular flexibility index (Phi) is 12.9. The lowest BCUT2D eigenvalue weighted by Gasteiger charge is -2.20. The second-order valence-electron chi connectivity index (χ2n) is 6.38. The molecule has 39 heavy (non-hydrogen) atoms. The van der Waals surface area contributed by atoms with E-state index in [1.54, 1.807) is 0 Å². The molecule has 1 heterocycles. The molecule has 0 spiro atoms. The fourth-order valence-electron chi connectivity index (χ4n) is 1.45. The van der Waals surface area contributed by atoms with Crippen LogP contribution < -0.4 is 8.25 Å². The summed E-state index contributed by atoms with van der Waals surface area (Å²) >= 11 is 0. The average molecular weight is 686 g/mol. The Morgan fingerprint density at radius 2 is 0.897 bits per heavy atom. The molecule has 0 amide bonds. The van der Waals surface area contributed by atoms with Crippen molar-refractivity contribution in [2.24, 2.45) is 0 Å². The van der Waals surface area contributed by atoms with Crippen molar-refractivity contribution in [3.63, 3.8) is 0 Å². The van der Waals surface area contributed by atoms with Crippen molar-refractivity contribution in [2.45, 2.75) is 35.9 Å². The first kappa shape index (κ1) is 39.3. The minimum absolute atomic E-state index is 0.493. The van der Waals surface area contributed by atoms with Crippen LogP contribution >= 0.6 is 0 Å². The van der Waals surface area contributed by atoms with Gasteiger partial charge in [0.15, 0.2) is 0 Å². The van der Waals surface area contributed by atoms with E-state index in [0.29, 0.717) is 0 Å². The van der Waals surface area contributed by atoms with E-state index < -0.39 is 70.4 Å². The number of sulfonamides is 4. The van der Waals surface area contributed by atoms with Crippen LogP contribution in [0.3, 0.4) is 0 Å². The molecule has 0 fully saturated rings. The Balaban J connectivity index is 0. The van der Waals surface area contributed by atoms with Gasteiger partial charge in [-0.1, -0.05) is 19.9 Å². The summed E-state index contributed by atoms with van der Waals surface area (Å²) in [6, 6.07) is 0. The second-order valence-corrected chi connectivity index (χ2v) is 13.6. The fourth-order valence-corrected chi connectivity index (χ4v) is 5.27. The van der Waals surface area contributed by atoms with E-state index in [0.717, 1.165) is 13.1 Å². The lowest BCUT2D eigenvalue weighted by molar-refractivity contribution is -0.0487. The van der Waals surface area contributed by atoms with E-state index in [4.69, 9.17) is 0 Å². The SMILES string of the molecule is CCN1C=CC=C(C)C1.O=S(=O)(NS(=O)(=O)C(F)(F)F)C(F)(F)F.O=S(=O)(NS(=O)(=O)C(F)(F)F)C(F)(F)F. The smallest absolute Gasteiger partial charge is 0.374 e. The molecule has 0 aromatic carbocycles. The van der Waals surface area contributed by atoms with Crippen LogP contribution in [0.4, 0.5) is 52.7 Å². The van der Waals surface area contributed by atoms with Gasteiger partial charge in [-0.15, -0.1) is 0 Å². The maximum atomic E-state index is 11.5. The highest BCUT2D eigenvalue weighted by molar-refractivity contribution is 8.06. The van der Waals surface area contributed by atoms with Gasteiger partial charge in [-0.2, -0.15) is 52.7 Å². The van der Waals surface area contributed by atoms with Crippen molar-refractivity contribution in [3.05, 3.63) is 23.9 Å². The Morgan fingerprint density at radius 1 is 0.641 bits per heavy atom. The minimum Gasteiger partial charge on any atom is -0.374 e. The summed E-state index contributed by atoms with van der Waals surface area (Å²) in [6.07, 6.45) is 6.39. The molecule has 0 atom stereocenters. The number of nitrogens with one attached hydrogen (secondary N) is 2. The van der Waals surface area contributed by atoms with Gasteiger partial charge in [-0.05, 0) is 26.1 Å². The zero-order valence-corrected chi connectivity index (χ0v) is 21.8. The monoisotopic (exact) mass is 685 g/mol. The minimum atomic E-state index is -6.60. The van der Waals surface area contributed by atoms with E-state index in [-0.39, 0.29) is 0 Å². The molecular weight excluding hydrogens is 670 g/mol. The van der Waals surface area contributed by atoms with Gasteiger partial charge >= 0.3 is 62.1 Å². The molecule has 234 valence electrons. The molecule has 0 bridgehead atoms. The zero-order chi connectivity index (χ0) is 32.1. The van der Waals surface area contributed by atoms with Gasteiger partial charge in [-0.3, -0.25) is 0 Å². The zero-order valence-electron chi connectivity index (χ0n) is 18.5. The van der Waals surface area contributed by atoms with Crippen LogP contribution in [0.2, 0.25) is 0 Å². The normalized spacial score (nSPS) is 15.9. The molecule has 0 aromatic rings. The van der Waals surface area contributed by atoms with Gasteiger partial charge in [0.05, 0.1) is 0 Å². The Hall–Kier alpha value is -1.84. The number of likely N-dealkylation sites (N-methyl/N-ethyl adjacent to an activating group) is 1. The summed E-state index contributed by atoms with van der Waals surface area (Å²) in [5, 5.41) is 0. The molecule has 11 nitrogen and oxygen atoms in total. The number of allylic oxidation sites excluding steroid dienone is 2. The van der Waals surface area contributed by atoms with Crippen molar-refractivity contribution in [2.75, 3.05) is 13.1 Å². The van der Waals surface area contributed by atoms with Crippen molar-refractivity contribution < 1.29 is 86.4 Å². The molecule has 1 aliphatic rings.